The Labute approximate surface area is 159 Å². The van der Waals surface area contributed by atoms with E-state index in [1.54, 1.807) is 35.3 Å². The minimum Gasteiger partial charge on any atom is -0.321 e. The molecule has 0 aliphatic rings. The molecular weight excluding hydrogens is 360 g/mol. The number of pyridine rings is 1. The van der Waals surface area contributed by atoms with Crippen molar-refractivity contribution in [2.24, 2.45) is 0 Å². The molecule has 1 amide bonds. The van der Waals surface area contributed by atoms with Crippen molar-refractivity contribution < 1.29 is 4.79 Å². The predicted octanol–water partition coefficient (Wildman–Crippen LogP) is 4.23. The number of nitrogens with zero attached hydrogens (tertiary/aromatic N) is 3. The molecule has 1 atom stereocenters. The molecule has 3 heterocycles. The number of aromatic nitrogens is 3. The summed E-state index contributed by atoms with van der Waals surface area (Å²) < 4.78 is 2.21. The van der Waals surface area contributed by atoms with Crippen molar-refractivity contribution in [3.63, 3.8) is 0 Å². The molecule has 1 unspecified atom stereocenters. The third kappa shape index (κ3) is 3.00. The van der Waals surface area contributed by atoms with E-state index in [2.05, 4.69) is 15.3 Å². The highest BCUT2D eigenvalue weighted by Gasteiger charge is 2.18. The molecule has 136 valence electrons. The standard InChI is InChI=1S/C20H18N4O2S/c1-3-12(2)24-11-22-16-15-14(23-18(25)13-7-5-4-6-8-13)9-10-21-19(15)27-17(16)20(24)26/h4-12H,3H2,1-2H3,(H,21,23,25). The number of rotatable bonds is 4. The van der Waals surface area contributed by atoms with E-state index in [9.17, 15) is 9.59 Å². The van der Waals surface area contributed by atoms with Crippen LogP contribution in [0.2, 0.25) is 0 Å². The molecule has 7 heteroatoms. The van der Waals surface area contributed by atoms with Crippen LogP contribution in [0.1, 0.15) is 36.7 Å². The van der Waals surface area contributed by atoms with Crippen LogP contribution in [0.15, 0.2) is 53.7 Å². The van der Waals surface area contributed by atoms with Gasteiger partial charge in [0.25, 0.3) is 11.5 Å². The Morgan fingerprint density at radius 3 is 2.74 bits per heavy atom. The van der Waals surface area contributed by atoms with Crippen molar-refractivity contribution in [3.8, 4) is 0 Å². The number of benzene rings is 1. The number of thiophene rings is 1. The van der Waals surface area contributed by atoms with Gasteiger partial charge in [-0.15, -0.1) is 11.3 Å². The van der Waals surface area contributed by atoms with Gasteiger partial charge in [-0.25, -0.2) is 9.97 Å². The molecule has 4 aromatic rings. The SMILES string of the molecule is CCC(C)n1cnc2c(sc3nccc(NC(=O)c4ccccc4)c32)c1=O. The fraction of sp³-hybridized carbons (Fsp3) is 0.200. The Hall–Kier alpha value is -3.06. The highest BCUT2D eigenvalue weighted by atomic mass is 32.1. The summed E-state index contributed by atoms with van der Waals surface area (Å²) in [7, 11) is 0. The lowest BCUT2D eigenvalue weighted by atomic mass is 10.2. The average molecular weight is 378 g/mol. The number of hydrogen-bond donors (Lipinski definition) is 1. The van der Waals surface area contributed by atoms with Crippen molar-refractivity contribution >= 4 is 43.4 Å². The number of fused-ring (bicyclic) bond motifs is 3. The third-order valence-corrected chi connectivity index (χ3v) is 5.73. The van der Waals surface area contributed by atoms with Gasteiger partial charge in [0.05, 0.1) is 22.9 Å². The fourth-order valence-electron chi connectivity index (χ4n) is 2.96. The van der Waals surface area contributed by atoms with Crippen LogP contribution < -0.4 is 10.9 Å². The van der Waals surface area contributed by atoms with Crippen molar-refractivity contribution in [2.45, 2.75) is 26.3 Å². The van der Waals surface area contributed by atoms with E-state index in [0.717, 1.165) is 6.42 Å². The number of carbonyl (C=O) groups excluding carboxylic acids is 1. The Morgan fingerprint density at radius 1 is 1.22 bits per heavy atom. The molecule has 0 fully saturated rings. The van der Waals surface area contributed by atoms with Crippen LogP contribution in [-0.2, 0) is 0 Å². The number of nitrogens with one attached hydrogen (secondary N) is 1. The number of carbonyl (C=O) groups is 1. The number of hydrogen-bond acceptors (Lipinski definition) is 5. The first-order valence-electron chi connectivity index (χ1n) is 8.75. The quantitative estimate of drug-likeness (QED) is 0.576. The van der Waals surface area contributed by atoms with Crippen LogP contribution in [0.25, 0.3) is 20.4 Å². The van der Waals surface area contributed by atoms with E-state index in [-0.39, 0.29) is 17.5 Å². The lowest BCUT2D eigenvalue weighted by Gasteiger charge is -2.11. The molecule has 1 aromatic carbocycles. The molecule has 0 bridgehead atoms. The summed E-state index contributed by atoms with van der Waals surface area (Å²) in [5.41, 5.74) is 1.68. The summed E-state index contributed by atoms with van der Waals surface area (Å²) in [4.78, 5) is 35.0. The molecule has 0 spiro atoms. The summed E-state index contributed by atoms with van der Waals surface area (Å²) >= 11 is 1.31. The second-order valence-corrected chi connectivity index (χ2v) is 7.35. The monoisotopic (exact) mass is 378 g/mol. The number of anilines is 1. The van der Waals surface area contributed by atoms with Crippen molar-refractivity contribution in [3.05, 3.63) is 64.8 Å². The predicted molar refractivity (Wildman–Crippen MR) is 109 cm³/mol. The van der Waals surface area contributed by atoms with Crippen LogP contribution in [-0.4, -0.2) is 20.4 Å². The van der Waals surface area contributed by atoms with Crippen molar-refractivity contribution in [1.29, 1.82) is 0 Å². The zero-order valence-electron chi connectivity index (χ0n) is 15.0. The molecule has 4 rings (SSSR count). The Balaban J connectivity index is 1.85. The van der Waals surface area contributed by atoms with Gasteiger partial charge >= 0.3 is 0 Å². The van der Waals surface area contributed by atoms with Crippen LogP contribution >= 0.6 is 11.3 Å². The highest BCUT2D eigenvalue weighted by molar-refractivity contribution is 7.25. The average Bonchev–Trinajstić information content (AvgIpc) is 3.09. The lowest BCUT2D eigenvalue weighted by molar-refractivity contribution is 0.102. The minimum absolute atomic E-state index is 0.0716. The third-order valence-electron chi connectivity index (χ3n) is 4.66. The van der Waals surface area contributed by atoms with Crippen LogP contribution in [0.4, 0.5) is 5.69 Å². The number of amides is 1. The maximum atomic E-state index is 12.9. The molecule has 0 aliphatic carbocycles. The normalized spacial score (nSPS) is 12.4. The van der Waals surface area contributed by atoms with E-state index in [1.807, 2.05) is 32.0 Å². The topological polar surface area (TPSA) is 76.9 Å². The molecule has 0 aliphatic heterocycles. The maximum Gasteiger partial charge on any atom is 0.271 e. The summed E-state index contributed by atoms with van der Waals surface area (Å²) in [6.07, 6.45) is 4.06. The van der Waals surface area contributed by atoms with Gasteiger partial charge in [0.2, 0.25) is 0 Å². The summed E-state index contributed by atoms with van der Waals surface area (Å²) in [6.45, 7) is 4.02. The molecular formula is C20H18N4O2S. The van der Waals surface area contributed by atoms with E-state index in [1.165, 1.54) is 11.3 Å². The first-order valence-corrected chi connectivity index (χ1v) is 9.56. The molecule has 3 aromatic heterocycles. The molecule has 6 nitrogen and oxygen atoms in total. The Morgan fingerprint density at radius 2 is 2.00 bits per heavy atom. The lowest BCUT2D eigenvalue weighted by Crippen LogP contribution is -2.22. The molecule has 0 saturated heterocycles. The van der Waals surface area contributed by atoms with Crippen molar-refractivity contribution in [1.82, 2.24) is 14.5 Å². The summed E-state index contributed by atoms with van der Waals surface area (Å²) in [5.74, 6) is -0.213. The Bertz CT molecular complexity index is 1200. The van der Waals surface area contributed by atoms with Crippen LogP contribution in [0, 0.1) is 0 Å². The van der Waals surface area contributed by atoms with Gasteiger partial charge in [-0.3, -0.25) is 14.2 Å². The second kappa shape index (κ2) is 6.92. The Kier molecular flexibility index (Phi) is 4.45. The van der Waals surface area contributed by atoms with Gasteiger partial charge in [-0.1, -0.05) is 25.1 Å². The van der Waals surface area contributed by atoms with Gasteiger partial charge in [0.15, 0.2) is 0 Å². The van der Waals surface area contributed by atoms with Gasteiger partial charge in [0, 0.05) is 17.8 Å². The van der Waals surface area contributed by atoms with Gasteiger partial charge in [-0.05, 0) is 31.5 Å². The maximum absolute atomic E-state index is 12.9. The first kappa shape index (κ1) is 17.4. The van der Waals surface area contributed by atoms with E-state index in [0.29, 0.717) is 31.7 Å². The van der Waals surface area contributed by atoms with Crippen LogP contribution in [0.5, 0.6) is 0 Å². The zero-order chi connectivity index (χ0) is 19.0. The van der Waals surface area contributed by atoms with E-state index in [4.69, 9.17) is 0 Å². The second-order valence-electron chi connectivity index (χ2n) is 6.35. The zero-order valence-corrected chi connectivity index (χ0v) is 15.8. The van der Waals surface area contributed by atoms with E-state index >= 15 is 0 Å². The van der Waals surface area contributed by atoms with Gasteiger partial charge < -0.3 is 5.32 Å². The van der Waals surface area contributed by atoms with Crippen molar-refractivity contribution in [2.75, 3.05) is 5.32 Å². The molecule has 0 radical (unpaired) electrons. The van der Waals surface area contributed by atoms with E-state index < -0.39 is 0 Å². The summed E-state index contributed by atoms with van der Waals surface area (Å²) in [5, 5.41) is 3.63. The molecule has 0 saturated carbocycles. The van der Waals surface area contributed by atoms with Gasteiger partial charge in [-0.2, -0.15) is 0 Å². The van der Waals surface area contributed by atoms with Gasteiger partial charge in [0.1, 0.15) is 9.53 Å². The van der Waals surface area contributed by atoms with Crippen LogP contribution in [0.3, 0.4) is 0 Å². The molecule has 1 N–H and O–H groups in total. The smallest absolute Gasteiger partial charge is 0.271 e. The first-order chi connectivity index (χ1) is 13.1. The summed E-state index contributed by atoms with van der Waals surface area (Å²) in [6, 6.07) is 10.8. The molecule has 27 heavy (non-hydrogen) atoms. The fourth-order valence-corrected chi connectivity index (χ4v) is 4.02. The largest absolute Gasteiger partial charge is 0.321 e. The highest BCUT2D eigenvalue weighted by Crippen LogP contribution is 2.34. The minimum atomic E-state index is -0.213.